The third-order valence-electron chi connectivity index (χ3n) is 4.25. The van der Waals surface area contributed by atoms with E-state index in [1.165, 1.54) is 0 Å². The number of hydrogen-bond acceptors (Lipinski definition) is 4. The normalized spacial score (nSPS) is 10.1. The van der Waals surface area contributed by atoms with Gasteiger partial charge in [-0.2, -0.15) is 0 Å². The van der Waals surface area contributed by atoms with Gasteiger partial charge >= 0.3 is 6.03 Å². The molecular formula is C24H25N3O4. The molecule has 0 radical (unpaired) electrons. The molecule has 7 heteroatoms. The van der Waals surface area contributed by atoms with Gasteiger partial charge in [0, 0.05) is 23.4 Å². The van der Waals surface area contributed by atoms with Crippen LogP contribution in [-0.4, -0.2) is 25.2 Å². The van der Waals surface area contributed by atoms with Gasteiger partial charge in [0.15, 0.2) is 0 Å². The molecule has 31 heavy (non-hydrogen) atoms. The number of benzene rings is 3. The zero-order valence-electron chi connectivity index (χ0n) is 17.5. The molecule has 0 aliphatic rings. The van der Waals surface area contributed by atoms with E-state index in [9.17, 15) is 9.59 Å². The van der Waals surface area contributed by atoms with Crippen LogP contribution < -0.4 is 25.4 Å². The molecule has 0 fully saturated rings. The van der Waals surface area contributed by atoms with Crippen molar-refractivity contribution in [3.8, 4) is 11.5 Å². The van der Waals surface area contributed by atoms with E-state index in [4.69, 9.17) is 9.47 Å². The van der Waals surface area contributed by atoms with Crippen LogP contribution in [0.4, 0.5) is 21.9 Å². The first-order valence-corrected chi connectivity index (χ1v) is 10.0. The fraction of sp³-hybridized carbons (Fsp3) is 0.167. The number of anilines is 3. The Morgan fingerprint density at radius 1 is 0.710 bits per heavy atom. The Bertz CT molecular complexity index is 1020. The molecule has 3 aromatic carbocycles. The molecule has 160 valence electrons. The van der Waals surface area contributed by atoms with Gasteiger partial charge in [0.05, 0.1) is 24.6 Å². The first-order valence-electron chi connectivity index (χ1n) is 10.0. The molecule has 3 rings (SSSR count). The minimum absolute atomic E-state index is 0.272. The Morgan fingerprint density at radius 2 is 1.23 bits per heavy atom. The molecule has 3 aromatic rings. The number of carbonyl (C=O) groups excluding carboxylic acids is 2. The molecule has 0 aliphatic heterocycles. The fourth-order valence-electron chi connectivity index (χ4n) is 2.90. The molecule has 0 saturated heterocycles. The summed E-state index contributed by atoms with van der Waals surface area (Å²) in [6, 6.07) is 20.9. The maximum absolute atomic E-state index is 12.6. The lowest BCUT2D eigenvalue weighted by Gasteiger charge is -2.18. The van der Waals surface area contributed by atoms with Crippen molar-refractivity contribution in [1.82, 2.24) is 0 Å². The third-order valence-corrected chi connectivity index (χ3v) is 4.25. The Hall–Kier alpha value is -4.00. The highest BCUT2D eigenvalue weighted by molar-refractivity contribution is 6.06. The van der Waals surface area contributed by atoms with Crippen LogP contribution in [0.1, 0.15) is 24.2 Å². The SMILES string of the molecule is CCOc1cc(NC(=O)c2ccccc2)c(OCC)cc1NC(=O)Nc1ccccc1. The second kappa shape index (κ2) is 10.7. The van der Waals surface area contributed by atoms with Crippen LogP contribution in [0.2, 0.25) is 0 Å². The van der Waals surface area contributed by atoms with Crippen LogP contribution >= 0.6 is 0 Å². The molecule has 0 atom stereocenters. The topological polar surface area (TPSA) is 88.7 Å². The van der Waals surface area contributed by atoms with Crippen molar-refractivity contribution >= 4 is 29.0 Å². The quantitative estimate of drug-likeness (QED) is 0.457. The molecule has 3 N–H and O–H groups in total. The lowest BCUT2D eigenvalue weighted by Crippen LogP contribution is -2.20. The fourth-order valence-corrected chi connectivity index (χ4v) is 2.90. The number of hydrogen-bond donors (Lipinski definition) is 3. The van der Waals surface area contributed by atoms with E-state index >= 15 is 0 Å². The third kappa shape index (κ3) is 5.99. The summed E-state index contributed by atoms with van der Waals surface area (Å²) >= 11 is 0. The van der Waals surface area contributed by atoms with Gasteiger partial charge < -0.3 is 25.4 Å². The molecule has 0 unspecified atom stereocenters. The van der Waals surface area contributed by atoms with Crippen molar-refractivity contribution in [2.45, 2.75) is 13.8 Å². The lowest BCUT2D eigenvalue weighted by molar-refractivity contribution is 0.102. The highest BCUT2D eigenvalue weighted by atomic mass is 16.5. The number of nitrogens with one attached hydrogen (secondary N) is 3. The van der Waals surface area contributed by atoms with E-state index in [1.54, 1.807) is 48.5 Å². The van der Waals surface area contributed by atoms with Crippen molar-refractivity contribution in [2.75, 3.05) is 29.2 Å². The molecule has 0 heterocycles. The molecular weight excluding hydrogens is 394 g/mol. The maximum atomic E-state index is 12.6. The number of carbonyl (C=O) groups is 2. The first kappa shape index (κ1) is 21.7. The van der Waals surface area contributed by atoms with Gasteiger partial charge in [0.1, 0.15) is 11.5 Å². The summed E-state index contributed by atoms with van der Waals surface area (Å²) in [7, 11) is 0. The zero-order chi connectivity index (χ0) is 22.1. The van der Waals surface area contributed by atoms with Gasteiger partial charge in [-0.3, -0.25) is 4.79 Å². The number of urea groups is 1. The highest BCUT2D eigenvalue weighted by Gasteiger charge is 2.17. The smallest absolute Gasteiger partial charge is 0.323 e. The summed E-state index contributed by atoms with van der Waals surface area (Å²) in [6.07, 6.45) is 0. The number of ether oxygens (including phenoxy) is 2. The Morgan fingerprint density at radius 3 is 1.77 bits per heavy atom. The molecule has 0 bridgehead atoms. The van der Waals surface area contributed by atoms with E-state index in [0.29, 0.717) is 47.3 Å². The first-order chi connectivity index (χ1) is 15.1. The number of rotatable bonds is 8. The predicted octanol–water partition coefficient (Wildman–Crippen LogP) is 5.38. The average molecular weight is 419 g/mol. The van der Waals surface area contributed by atoms with E-state index in [-0.39, 0.29) is 5.91 Å². The standard InChI is InChI=1S/C24H25N3O4/c1-3-30-21-16-20(27-24(29)25-18-13-9-6-10-14-18)22(31-4-2)15-19(21)26-23(28)17-11-7-5-8-12-17/h5-16H,3-4H2,1-2H3,(H,26,28)(H2,25,27,29). The molecule has 0 spiro atoms. The van der Waals surface area contributed by atoms with E-state index in [0.717, 1.165) is 0 Å². The van der Waals surface area contributed by atoms with Gasteiger partial charge in [0.25, 0.3) is 5.91 Å². The summed E-state index contributed by atoms with van der Waals surface area (Å²) in [6.45, 7) is 4.45. The van der Waals surface area contributed by atoms with E-state index < -0.39 is 6.03 Å². The van der Waals surface area contributed by atoms with Crippen molar-refractivity contribution < 1.29 is 19.1 Å². The van der Waals surface area contributed by atoms with Crippen LogP contribution in [0, 0.1) is 0 Å². The Balaban J connectivity index is 1.86. The van der Waals surface area contributed by atoms with Crippen molar-refractivity contribution in [2.24, 2.45) is 0 Å². The van der Waals surface area contributed by atoms with Gasteiger partial charge in [-0.05, 0) is 38.1 Å². The molecule has 0 aromatic heterocycles. The van der Waals surface area contributed by atoms with Crippen LogP contribution in [0.3, 0.4) is 0 Å². The van der Waals surface area contributed by atoms with Crippen molar-refractivity contribution in [3.05, 3.63) is 78.4 Å². The predicted molar refractivity (Wildman–Crippen MR) is 122 cm³/mol. The summed E-state index contributed by atoms with van der Waals surface area (Å²) < 4.78 is 11.4. The minimum atomic E-state index is -0.421. The van der Waals surface area contributed by atoms with Crippen LogP contribution in [0.25, 0.3) is 0 Å². The molecule has 3 amide bonds. The van der Waals surface area contributed by atoms with Gasteiger partial charge in [-0.15, -0.1) is 0 Å². The van der Waals surface area contributed by atoms with Crippen molar-refractivity contribution in [1.29, 1.82) is 0 Å². The number of para-hydroxylation sites is 1. The second-order valence-corrected chi connectivity index (χ2v) is 6.48. The Labute approximate surface area is 181 Å². The molecule has 7 nitrogen and oxygen atoms in total. The van der Waals surface area contributed by atoms with Gasteiger partial charge in [-0.1, -0.05) is 36.4 Å². The summed E-state index contributed by atoms with van der Waals surface area (Å²) in [4.78, 5) is 25.1. The largest absolute Gasteiger partial charge is 0.492 e. The highest BCUT2D eigenvalue weighted by Crippen LogP contribution is 2.37. The monoisotopic (exact) mass is 419 g/mol. The second-order valence-electron chi connectivity index (χ2n) is 6.48. The summed E-state index contributed by atoms with van der Waals surface area (Å²) in [5.74, 6) is 0.564. The Kier molecular flexibility index (Phi) is 7.48. The molecule has 0 saturated carbocycles. The summed E-state index contributed by atoms with van der Waals surface area (Å²) in [5, 5.41) is 8.41. The number of amides is 3. The van der Waals surface area contributed by atoms with Crippen LogP contribution in [0.5, 0.6) is 11.5 Å². The molecule has 0 aliphatic carbocycles. The zero-order valence-corrected chi connectivity index (χ0v) is 17.5. The maximum Gasteiger partial charge on any atom is 0.323 e. The minimum Gasteiger partial charge on any atom is -0.492 e. The van der Waals surface area contributed by atoms with E-state index in [2.05, 4.69) is 16.0 Å². The van der Waals surface area contributed by atoms with Crippen LogP contribution in [-0.2, 0) is 0 Å². The van der Waals surface area contributed by atoms with E-state index in [1.807, 2.05) is 38.1 Å². The van der Waals surface area contributed by atoms with Gasteiger partial charge in [0.2, 0.25) is 0 Å². The summed E-state index contributed by atoms with van der Waals surface area (Å²) in [5.41, 5.74) is 2.06. The van der Waals surface area contributed by atoms with Crippen LogP contribution in [0.15, 0.2) is 72.8 Å². The van der Waals surface area contributed by atoms with Crippen molar-refractivity contribution in [3.63, 3.8) is 0 Å². The average Bonchev–Trinajstić information content (AvgIpc) is 2.78. The lowest BCUT2D eigenvalue weighted by atomic mass is 10.2. The van der Waals surface area contributed by atoms with Gasteiger partial charge in [-0.25, -0.2) is 4.79 Å².